The molecule has 0 N–H and O–H groups in total. The zero-order valence-corrected chi connectivity index (χ0v) is 19.6. The first kappa shape index (κ1) is 20.9. The zero-order valence-electron chi connectivity index (χ0n) is 18.7. The van der Waals surface area contributed by atoms with Gasteiger partial charge in [0.2, 0.25) is 0 Å². The minimum atomic E-state index is -0.0991. The minimum absolute atomic E-state index is 0.0991. The Morgan fingerprint density at radius 1 is 0.724 bits per heavy atom. The van der Waals surface area contributed by atoms with E-state index in [1.165, 1.54) is 86.6 Å². The van der Waals surface area contributed by atoms with Crippen LogP contribution in [0.25, 0.3) is 11.1 Å². The first-order valence-electron chi connectivity index (χ1n) is 11.8. The van der Waals surface area contributed by atoms with Crippen molar-refractivity contribution in [3.63, 3.8) is 0 Å². The molecule has 156 valence electrons. The van der Waals surface area contributed by atoms with Crippen LogP contribution in [0.3, 0.4) is 0 Å². The molecule has 2 heteroatoms. The molecule has 0 bridgehead atoms. The molecule has 2 aliphatic rings. The molecule has 29 heavy (non-hydrogen) atoms. The van der Waals surface area contributed by atoms with Crippen molar-refractivity contribution in [2.24, 2.45) is 0 Å². The van der Waals surface area contributed by atoms with E-state index in [9.17, 15) is 0 Å². The third-order valence-electron chi connectivity index (χ3n) is 7.12. The van der Waals surface area contributed by atoms with Crippen LogP contribution in [0.1, 0.15) is 69.8 Å². The Morgan fingerprint density at radius 2 is 1.31 bits per heavy atom. The molecule has 2 aliphatic carbocycles. The molecule has 0 saturated heterocycles. The number of hydrogen-bond acceptors (Lipinski definition) is 1. The van der Waals surface area contributed by atoms with Crippen LogP contribution in [0.4, 0.5) is 5.69 Å². The molecule has 2 fully saturated rings. The number of nitrogens with zero attached hydrogens (tertiary/aromatic N) is 1. The summed E-state index contributed by atoms with van der Waals surface area (Å²) in [5.74, 6) is 0. The van der Waals surface area contributed by atoms with Gasteiger partial charge in [0.25, 0.3) is 0 Å². The van der Waals surface area contributed by atoms with Gasteiger partial charge in [-0.25, -0.2) is 0 Å². The van der Waals surface area contributed by atoms with Crippen molar-refractivity contribution < 1.29 is 0 Å². The van der Waals surface area contributed by atoms with E-state index < -0.39 is 0 Å². The minimum Gasteiger partial charge on any atom is -0.377 e. The molecule has 0 amide bonds. The van der Waals surface area contributed by atoms with E-state index >= 15 is 0 Å². The van der Waals surface area contributed by atoms with Crippen LogP contribution < -0.4 is 10.2 Å². The normalized spacial score (nSPS) is 18.9. The van der Waals surface area contributed by atoms with E-state index in [1.807, 2.05) is 0 Å². The van der Waals surface area contributed by atoms with Crippen molar-refractivity contribution in [3.8, 4) is 11.1 Å². The van der Waals surface area contributed by atoms with Crippen molar-refractivity contribution >= 4 is 18.9 Å². The maximum Gasteiger partial charge on any atom is 0.0443 e. The number of aryl methyl sites for hydroxylation is 1. The lowest BCUT2D eigenvalue weighted by Crippen LogP contribution is -2.27. The molecule has 0 radical (unpaired) electrons. The second kappa shape index (κ2) is 9.65. The molecule has 0 aliphatic heterocycles. The molecule has 0 spiro atoms. The van der Waals surface area contributed by atoms with Crippen LogP contribution in [-0.4, -0.2) is 25.4 Å². The van der Waals surface area contributed by atoms with Crippen molar-refractivity contribution in [3.05, 3.63) is 48.0 Å². The number of benzene rings is 2. The molecule has 0 aromatic heterocycles. The van der Waals surface area contributed by atoms with Crippen LogP contribution in [0.2, 0.25) is 0 Å². The molecular weight excluding hydrogens is 369 g/mol. The predicted octanol–water partition coefficient (Wildman–Crippen LogP) is 7.50. The van der Waals surface area contributed by atoms with E-state index in [1.54, 1.807) is 5.30 Å². The fourth-order valence-electron chi connectivity index (χ4n) is 5.70. The summed E-state index contributed by atoms with van der Waals surface area (Å²) in [5.41, 5.74) is 7.64. The second-order valence-corrected chi connectivity index (χ2v) is 12.1. The third-order valence-corrected chi connectivity index (χ3v) is 10.7. The van der Waals surface area contributed by atoms with Gasteiger partial charge in [-0.15, -0.1) is 0 Å². The van der Waals surface area contributed by atoms with E-state index in [0.29, 0.717) is 0 Å². The average molecular weight is 408 g/mol. The number of hydrogen-bond donors (Lipinski definition) is 0. The summed E-state index contributed by atoms with van der Waals surface area (Å²) in [6.07, 6.45) is 14.6. The SMILES string of the molecule is Cc1cccc(N(C)C)c1-c1ccccc1P(C1CCCCC1)C1CCCCC1. The molecule has 0 unspecified atom stereocenters. The Bertz CT molecular complexity index is 782. The second-order valence-electron chi connectivity index (χ2n) is 9.37. The standard InChI is InChI=1S/C27H38NP/c1-21-13-12-19-25(28(2)3)27(21)24-18-10-11-20-26(24)29(22-14-6-4-7-15-22)23-16-8-5-9-17-23/h10-13,18-20,22-23H,4-9,14-17H2,1-3H3. The van der Waals surface area contributed by atoms with Gasteiger partial charge in [0.1, 0.15) is 0 Å². The van der Waals surface area contributed by atoms with Gasteiger partial charge in [-0.3, -0.25) is 0 Å². The molecule has 4 rings (SSSR count). The Kier molecular flexibility index (Phi) is 6.96. The van der Waals surface area contributed by atoms with Crippen LogP contribution in [0.15, 0.2) is 42.5 Å². The van der Waals surface area contributed by atoms with Gasteiger partial charge in [-0.05, 0) is 66.4 Å². The van der Waals surface area contributed by atoms with Crippen LogP contribution in [0, 0.1) is 6.92 Å². The lowest BCUT2D eigenvalue weighted by molar-refractivity contribution is 0.487. The summed E-state index contributed by atoms with van der Waals surface area (Å²) in [6, 6.07) is 16.3. The Balaban J connectivity index is 1.83. The van der Waals surface area contributed by atoms with Gasteiger partial charge < -0.3 is 4.90 Å². The van der Waals surface area contributed by atoms with Gasteiger partial charge in [0.15, 0.2) is 0 Å². The van der Waals surface area contributed by atoms with Crippen molar-refractivity contribution in [1.82, 2.24) is 0 Å². The third kappa shape index (κ3) is 4.56. The maximum atomic E-state index is 2.51. The lowest BCUT2D eigenvalue weighted by atomic mass is 9.98. The summed E-state index contributed by atoms with van der Waals surface area (Å²) in [4.78, 5) is 2.29. The van der Waals surface area contributed by atoms with Crippen molar-refractivity contribution in [1.29, 1.82) is 0 Å². The van der Waals surface area contributed by atoms with Crippen LogP contribution in [-0.2, 0) is 0 Å². The van der Waals surface area contributed by atoms with E-state index in [0.717, 1.165) is 11.3 Å². The zero-order chi connectivity index (χ0) is 20.2. The van der Waals surface area contributed by atoms with E-state index in [4.69, 9.17) is 0 Å². The smallest absolute Gasteiger partial charge is 0.0443 e. The highest BCUT2D eigenvalue weighted by molar-refractivity contribution is 7.67. The molecule has 2 saturated carbocycles. The number of rotatable bonds is 5. The first-order chi connectivity index (χ1) is 14.2. The van der Waals surface area contributed by atoms with Crippen LogP contribution >= 0.6 is 7.92 Å². The maximum absolute atomic E-state index is 2.51. The van der Waals surface area contributed by atoms with Crippen molar-refractivity contribution in [2.75, 3.05) is 19.0 Å². The lowest BCUT2D eigenvalue weighted by Gasteiger charge is -2.40. The molecular formula is C27H38NP. The fraction of sp³-hybridized carbons (Fsp3) is 0.556. The van der Waals surface area contributed by atoms with E-state index in [-0.39, 0.29) is 7.92 Å². The summed E-state index contributed by atoms with van der Waals surface area (Å²) < 4.78 is 0. The average Bonchev–Trinajstić information content (AvgIpc) is 2.76. The highest BCUT2D eigenvalue weighted by atomic mass is 31.1. The van der Waals surface area contributed by atoms with E-state index in [2.05, 4.69) is 68.4 Å². The summed E-state index contributed by atoms with van der Waals surface area (Å²) in [6.45, 7) is 2.29. The molecule has 2 aromatic rings. The highest BCUT2D eigenvalue weighted by Gasteiger charge is 2.34. The summed E-state index contributed by atoms with van der Waals surface area (Å²) in [5, 5.41) is 1.71. The Morgan fingerprint density at radius 3 is 1.90 bits per heavy atom. The molecule has 0 heterocycles. The number of anilines is 1. The van der Waals surface area contributed by atoms with Gasteiger partial charge in [0, 0.05) is 25.3 Å². The summed E-state index contributed by atoms with van der Waals surface area (Å²) in [7, 11) is 4.27. The van der Waals surface area contributed by atoms with Gasteiger partial charge in [-0.2, -0.15) is 0 Å². The monoisotopic (exact) mass is 407 g/mol. The van der Waals surface area contributed by atoms with Gasteiger partial charge in [-0.1, -0.05) is 82.8 Å². The van der Waals surface area contributed by atoms with Crippen LogP contribution in [0.5, 0.6) is 0 Å². The topological polar surface area (TPSA) is 3.24 Å². The Hall–Kier alpha value is -1.33. The quantitative estimate of drug-likeness (QED) is 0.464. The Labute approximate surface area is 179 Å². The van der Waals surface area contributed by atoms with Gasteiger partial charge >= 0.3 is 0 Å². The van der Waals surface area contributed by atoms with Gasteiger partial charge in [0.05, 0.1) is 0 Å². The summed E-state index contributed by atoms with van der Waals surface area (Å²) >= 11 is 0. The predicted molar refractivity (Wildman–Crippen MR) is 131 cm³/mol. The molecule has 2 aromatic carbocycles. The fourth-order valence-corrected chi connectivity index (χ4v) is 9.64. The first-order valence-corrected chi connectivity index (χ1v) is 13.3. The highest BCUT2D eigenvalue weighted by Crippen LogP contribution is 2.56. The molecule has 1 nitrogen and oxygen atoms in total. The largest absolute Gasteiger partial charge is 0.377 e. The van der Waals surface area contributed by atoms with Crippen molar-refractivity contribution in [2.45, 2.75) is 82.4 Å². The molecule has 0 atom stereocenters.